The Bertz CT molecular complexity index is 658. The summed E-state index contributed by atoms with van der Waals surface area (Å²) >= 11 is 0. The maximum Gasteiger partial charge on any atom is 0.0705 e. The summed E-state index contributed by atoms with van der Waals surface area (Å²) in [5.41, 5.74) is 3.61. The molecule has 4 heteroatoms. The van der Waals surface area contributed by atoms with Crippen LogP contribution in [-0.4, -0.2) is 36.1 Å². The molecule has 3 nitrogen and oxygen atoms in total. The van der Waals surface area contributed by atoms with Crippen LogP contribution in [0.3, 0.4) is 0 Å². The summed E-state index contributed by atoms with van der Waals surface area (Å²) in [5.74, 6) is 1.79. The minimum atomic E-state index is 0. The van der Waals surface area contributed by atoms with Crippen molar-refractivity contribution < 1.29 is 0 Å². The number of nitrogens with one attached hydrogen (secondary N) is 1. The molecule has 2 atom stereocenters. The van der Waals surface area contributed by atoms with Gasteiger partial charge in [0, 0.05) is 24.2 Å². The average molecular weight is 318 g/mol. The molecule has 3 heterocycles. The van der Waals surface area contributed by atoms with Gasteiger partial charge in [-0.25, -0.2) is 0 Å². The fraction of sp³-hybridized carbons (Fsp3) is 0.500. The predicted octanol–water partition coefficient (Wildman–Crippen LogP) is 3.01. The number of halogens is 1. The molecule has 118 valence electrons. The van der Waals surface area contributed by atoms with Crippen molar-refractivity contribution in [3.8, 4) is 0 Å². The highest BCUT2D eigenvalue weighted by Gasteiger charge is 2.32. The van der Waals surface area contributed by atoms with Gasteiger partial charge in [0.1, 0.15) is 0 Å². The lowest BCUT2D eigenvalue weighted by atomic mass is 9.88. The van der Waals surface area contributed by atoms with Crippen LogP contribution in [0.4, 0.5) is 0 Å². The molecule has 0 amide bonds. The predicted molar refractivity (Wildman–Crippen MR) is 93.5 cm³/mol. The number of aromatic nitrogens is 1. The second-order valence-corrected chi connectivity index (χ2v) is 6.68. The van der Waals surface area contributed by atoms with Gasteiger partial charge in [-0.2, -0.15) is 0 Å². The first kappa shape index (κ1) is 15.7. The number of benzene rings is 1. The van der Waals surface area contributed by atoms with E-state index in [1.165, 1.54) is 43.5 Å². The highest BCUT2D eigenvalue weighted by molar-refractivity contribution is 5.85. The largest absolute Gasteiger partial charge is 0.316 e. The molecule has 1 N–H and O–H groups in total. The molecule has 0 saturated carbocycles. The van der Waals surface area contributed by atoms with Gasteiger partial charge in [-0.3, -0.25) is 9.88 Å². The molecule has 0 aliphatic carbocycles. The van der Waals surface area contributed by atoms with Crippen LogP contribution in [0.2, 0.25) is 0 Å². The third-order valence-corrected chi connectivity index (χ3v) is 5.09. The number of nitrogens with zero attached hydrogens (tertiary/aromatic N) is 2. The summed E-state index contributed by atoms with van der Waals surface area (Å²) in [6.07, 6.45) is 1.35. The summed E-state index contributed by atoms with van der Waals surface area (Å²) in [6.45, 7) is 8.07. The SMILES string of the molecule is Cc1ccc2cc(CN3CCC4CNCC4C3)ccc2n1.Cl. The van der Waals surface area contributed by atoms with Crippen molar-refractivity contribution in [2.45, 2.75) is 19.9 Å². The fourth-order valence-corrected chi connectivity index (χ4v) is 3.89. The van der Waals surface area contributed by atoms with E-state index in [9.17, 15) is 0 Å². The van der Waals surface area contributed by atoms with Crippen LogP contribution in [0.15, 0.2) is 30.3 Å². The van der Waals surface area contributed by atoms with E-state index in [1.54, 1.807) is 0 Å². The van der Waals surface area contributed by atoms with Crippen molar-refractivity contribution in [1.29, 1.82) is 0 Å². The Labute approximate surface area is 138 Å². The van der Waals surface area contributed by atoms with Gasteiger partial charge in [-0.1, -0.05) is 12.1 Å². The van der Waals surface area contributed by atoms with Gasteiger partial charge in [0.25, 0.3) is 0 Å². The number of rotatable bonds is 2. The Hall–Kier alpha value is -1.16. The lowest BCUT2D eigenvalue weighted by Crippen LogP contribution is -2.39. The van der Waals surface area contributed by atoms with E-state index in [4.69, 9.17) is 0 Å². The van der Waals surface area contributed by atoms with Crippen molar-refractivity contribution in [2.24, 2.45) is 11.8 Å². The zero-order valence-electron chi connectivity index (χ0n) is 13.1. The smallest absolute Gasteiger partial charge is 0.0705 e. The number of pyridine rings is 1. The molecule has 2 aliphatic heterocycles. The Morgan fingerprint density at radius 3 is 2.95 bits per heavy atom. The Balaban J connectivity index is 0.00000144. The van der Waals surface area contributed by atoms with Gasteiger partial charge in [-0.15, -0.1) is 12.4 Å². The molecule has 0 spiro atoms. The van der Waals surface area contributed by atoms with Crippen LogP contribution in [0.5, 0.6) is 0 Å². The fourth-order valence-electron chi connectivity index (χ4n) is 3.89. The first-order chi connectivity index (χ1) is 10.3. The molecule has 2 saturated heterocycles. The van der Waals surface area contributed by atoms with E-state index in [1.807, 2.05) is 6.92 Å². The van der Waals surface area contributed by atoms with Crippen LogP contribution >= 0.6 is 12.4 Å². The van der Waals surface area contributed by atoms with Crippen molar-refractivity contribution in [1.82, 2.24) is 15.2 Å². The lowest BCUT2D eigenvalue weighted by Gasteiger charge is -2.34. The number of hydrogen-bond acceptors (Lipinski definition) is 3. The molecule has 0 radical (unpaired) electrons. The second kappa shape index (κ2) is 6.53. The zero-order chi connectivity index (χ0) is 14.2. The number of likely N-dealkylation sites (tertiary alicyclic amines) is 1. The Morgan fingerprint density at radius 2 is 2.05 bits per heavy atom. The molecular weight excluding hydrogens is 294 g/mol. The molecule has 4 rings (SSSR count). The normalized spacial score (nSPS) is 25.0. The molecule has 22 heavy (non-hydrogen) atoms. The maximum absolute atomic E-state index is 4.59. The summed E-state index contributed by atoms with van der Waals surface area (Å²) < 4.78 is 0. The van der Waals surface area contributed by atoms with E-state index in [-0.39, 0.29) is 12.4 Å². The summed E-state index contributed by atoms with van der Waals surface area (Å²) in [5, 5.41) is 4.80. The highest BCUT2D eigenvalue weighted by Crippen LogP contribution is 2.27. The molecule has 2 aromatic rings. The molecule has 1 aromatic carbocycles. The maximum atomic E-state index is 4.59. The van der Waals surface area contributed by atoms with Crippen molar-refractivity contribution in [2.75, 3.05) is 26.2 Å². The zero-order valence-corrected chi connectivity index (χ0v) is 13.9. The molecule has 0 bridgehead atoms. The Morgan fingerprint density at radius 1 is 1.18 bits per heavy atom. The van der Waals surface area contributed by atoms with Crippen molar-refractivity contribution >= 4 is 23.3 Å². The van der Waals surface area contributed by atoms with Gasteiger partial charge < -0.3 is 5.32 Å². The van der Waals surface area contributed by atoms with E-state index >= 15 is 0 Å². The van der Waals surface area contributed by atoms with Gasteiger partial charge in [0.05, 0.1) is 5.52 Å². The van der Waals surface area contributed by atoms with E-state index in [2.05, 4.69) is 45.5 Å². The monoisotopic (exact) mass is 317 g/mol. The van der Waals surface area contributed by atoms with E-state index in [0.717, 1.165) is 29.6 Å². The van der Waals surface area contributed by atoms with Crippen LogP contribution < -0.4 is 5.32 Å². The third kappa shape index (κ3) is 3.12. The highest BCUT2D eigenvalue weighted by atomic mass is 35.5. The van der Waals surface area contributed by atoms with Crippen molar-refractivity contribution in [3.63, 3.8) is 0 Å². The van der Waals surface area contributed by atoms with Crippen LogP contribution in [-0.2, 0) is 6.54 Å². The number of aryl methyl sites for hydroxylation is 1. The van der Waals surface area contributed by atoms with Gasteiger partial charge in [0.15, 0.2) is 0 Å². The van der Waals surface area contributed by atoms with Gasteiger partial charge in [0.2, 0.25) is 0 Å². The standard InChI is InChI=1S/C18H23N3.ClH/c1-13-2-4-15-8-14(3-5-18(15)20-13)11-21-7-6-16-9-19-10-17(16)12-21;/h2-5,8,16-17,19H,6-7,9-12H2,1H3;1H. The van der Waals surface area contributed by atoms with Gasteiger partial charge in [-0.05, 0) is 68.6 Å². The van der Waals surface area contributed by atoms with Crippen molar-refractivity contribution in [3.05, 3.63) is 41.6 Å². The first-order valence-corrected chi connectivity index (χ1v) is 8.07. The van der Waals surface area contributed by atoms with E-state index < -0.39 is 0 Å². The summed E-state index contributed by atoms with van der Waals surface area (Å²) in [4.78, 5) is 7.21. The number of hydrogen-bond donors (Lipinski definition) is 1. The van der Waals surface area contributed by atoms with Crippen LogP contribution in [0.1, 0.15) is 17.7 Å². The van der Waals surface area contributed by atoms with Gasteiger partial charge >= 0.3 is 0 Å². The summed E-state index contributed by atoms with van der Waals surface area (Å²) in [7, 11) is 0. The summed E-state index contributed by atoms with van der Waals surface area (Å²) in [6, 6.07) is 11.0. The molecule has 2 fully saturated rings. The quantitative estimate of drug-likeness (QED) is 0.923. The second-order valence-electron chi connectivity index (χ2n) is 6.68. The number of piperidine rings is 1. The third-order valence-electron chi connectivity index (χ3n) is 5.09. The minimum Gasteiger partial charge on any atom is -0.316 e. The molecular formula is C18H24ClN3. The molecule has 2 unspecified atom stereocenters. The number of fused-ring (bicyclic) bond motifs is 2. The first-order valence-electron chi connectivity index (χ1n) is 8.07. The average Bonchev–Trinajstić information content (AvgIpc) is 2.95. The molecule has 1 aromatic heterocycles. The minimum absolute atomic E-state index is 0. The Kier molecular flexibility index (Phi) is 4.67. The topological polar surface area (TPSA) is 28.2 Å². The van der Waals surface area contributed by atoms with Crippen LogP contribution in [0.25, 0.3) is 10.9 Å². The van der Waals surface area contributed by atoms with E-state index in [0.29, 0.717) is 0 Å². The lowest BCUT2D eigenvalue weighted by molar-refractivity contribution is 0.142. The molecule has 2 aliphatic rings. The van der Waals surface area contributed by atoms with Crippen LogP contribution in [0, 0.1) is 18.8 Å².